The van der Waals surface area contributed by atoms with E-state index in [-0.39, 0.29) is 5.69 Å². The second-order valence-corrected chi connectivity index (χ2v) is 5.27. The molecule has 1 aliphatic carbocycles. The van der Waals surface area contributed by atoms with Crippen LogP contribution in [0.4, 0.5) is 0 Å². The normalized spacial score (nSPS) is 17.6. The van der Waals surface area contributed by atoms with E-state index in [1.807, 2.05) is 21.5 Å². The van der Waals surface area contributed by atoms with E-state index in [4.69, 9.17) is 0 Å². The lowest BCUT2D eigenvalue weighted by Gasteiger charge is -2.09. The van der Waals surface area contributed by atoms with Crippen LogP contribution < -0.4 is 5.69 Å². The Labute approximate surface area is 102 Å². The molecule has 2 rings (SSSR count). The summed E-state index contributed by atoms with van der Waals surface area (Å²) in [6.07, 6.45) is 8.38. The van der Waals surface area contributed by atoms with Crippen molar-refractivity contribution < 1.29 is 0 Å². The van der Waals surface area contributed by atoms with Gasteiger partial charge in [-0.25, -0.2) is 4.79 Å². The molecule has 0 spiro atoms. The summed E-state index contributed by atoms with van der Waals surface area (Å²) in [6.45, 7) is 3.06. The van der Waals surface area contributed by atoms with Crippen LogP contribution in [0, 0.1) is 5.92 Å². The monoisotopic (exact) mass is 240 g/mol. The minimum absolute atomic E-state index is 0.167. The lowest BCUT2D eigenvalue weighted by Crippen LogP contribution is -2.24. The number of aromatic nitrogens is 2. The fourth-order valence-electron chi connectivity index (χ4n) is 1.95. The Bertz CT molecular complexity index is 392. The van der Waals surface area contributed by atoms with Gasteiger partial charge in [-0.05, 0) is 37.4 Å². The average molecular weight is 240 g/mol. The van der Waals surface area contributed by atoms with Gasteiger partial charge in [-0.3, -0.25) is 9.13 Å². The van der Waals surface area contributed by atoms with Crippen LogP contribution >= 0.6 is 12.6 Å². The maximum atomic E-state index is 11.9. The summed E-state index contributed by atoms with van der Waals surface area (Å²) in [5, 5.41) is 0. The van der Waals surface area contributed by atoms with Gasteiger partial charge in [0.25, 0.3) is 0 Å². The Kier molecular flexibility index (Phi) is 3.79. The first-order valence-corrected chi connectivity index (χ1v) is 6.73. The first-order valence-electron chi connectivity index (χ1n) is 6.10. The molecule has 0 bridgehead atoms. The summed E-state index contributed by atoms with van der Waals surface area (Å²) < 4.78 is 3.72. The standard InChI is InChI=1S/C12H20N2OS/c1-10(5-9-16)4-6-13-7-8-14(12(13)15)11-2-3-11/h7-8,10-11,16H,2-6,9H2,1H3. The Morgan fingerprint density at radius 3 is 2.81 bits per heavy atom. The van der Waals surface area contributed by atoms with Gasteiger partial charge in [-0.1, -0.05) is 6.92 Å². The lowest BCUT2D eigenvalue weighted by atomic mass is 10.1. The predicted octanol–water partition coefficient (Wildman–Crippen LogP) is 2.33. The Hall–Kier alpha value is -0.640. The number of hydrogen-bond donors (Lipinski definition) is 1. The topological polar surface area (TPSA) is 26.9 Å². The third-order valence-electron chi connectivity index (χ3n) is 3.30. The molecule has 90 valence electrons. The van der Waals surface area contributed by atoms with Crippen LogP contribution in [0.15, 0.2) is 17.2 Å². The molecule has 0 aliphatic heterocycles. The molecule has 0 amide bonds. The van der Waals surface area contributed by atoms with Gasteiger partial charge in [0.15, 0.2) is 0 Å². The van der Waals surface area contributed by atoms with Gasteiger partial charge in [0.2, 0.25) is 0 Å². The second-order valence-electron chi connectivity index (χ2n) is 4.82. The third kappa shape index (κ3) is 2.73. The van der Waals surface area contributed by atoms with Crippen LogP contribution in [0.25, 0.3) is 0 Å². The molecule has 1 aromatic rings. The SMILES string of the molecule is CC(CCS)CCn1ccn(C2CC2)c1=O. The van der Waals surface area contributed by atoms with Gasteiger partial charge in [0.05, 0.1) is 0 Å². The molecule has 0 saturated heterocycles. The molecule has 0 N–H and O–H groups in total. The van der Waals surface area contributed by atoms with Crippen molar-refractivity contribution in [2.75, 3.05) is 5.75 Å². The molecule has 1 aliphatic rings. The van der Waals surface area contributed by atoms with Crippen molar-refractivity contribution in [3.63, 3.8) is 0 Å². The highest BCUT2D eigenvalue weighted by Gasteiger charge is 2.25. The minimum Gasteiger partial charge on any atom is -0.299 e. The summed E-state index contributed by atoms with van der Waals surface area (Å²) in [4.78, 5) is 11.9. The molecule has 0 radical (unpaired) electrons. The van der Waals surface area contributed by atoms with E-state index in [0.29, 0.717) is 12.0 Å². The third-order valence-corrected chi connectivity index (χ3v) is 3.56. The van der Waals surface area contributed by atoms with E-state index in [1.165, 1.54) is 12.8 Å². The summed E-state index contributed by atoms with van der Waals surface area (Å²) in [5.41, 5.74) is 0.167. The van der Waals surface area contributed by atoms with Crippen LogP contribution in [0.1, 0.15) is 38.6 Å². The first-order chi connectivity index (χ1) is 7.72. The van der Waals surface area contributed by atoms with Crippen molar-refractivity contribution in [2.24, 2.45) is 5.92 Å². The maximum Gasteiger partial charge on any atom is 0.328 e. The van der Waals surface area contributed by atoms with Crippen LogP contribution in [0.2, 0.25) is 0 Å². The van der Waals surface area contributed by atoms with Gasteiger partial charge in [0, 0.05) is 25.0 Å². The number of imidazole rings is 1. The fourth-order valence-corrected chi connectivity index (χ4v) is 2.39. The van der Waals surface area contributed by atoms with E-state index >= 15 is 0 Å². The molecule has 1 saturated carbocycles. The number of hydrogen-bond acceptors (Lipinski definition) is 2. The molecular weight excluding hydrogens is 220 g/mol. The number of nitrogens with zero attached hydrogens (tertiary/aromatic N) is 2. The fraction of sp³-hybridized carbons (Fsp3) is 0.750. The van der Waals surface area contributed by atoms with E-state index in [0.717, 1.165) is 25.1 Å². The van der Waals surface area contributed by atoms with Crippen molar-refractivity contribution in [1.29, 1.82) is 0 Å². The van der Waals surface area contributed by atoms with E-state index in [1.54, 1.807) is 0 Å². The number of aryl methyl sites for hydroxylation is 1. The van der Waals surface area contributed by atoms with Crippen LogP contribution in [0.5, 0.6) is 0 Å². The van der Waals surface area contributed by atoms with Crippen molar-refractivity contribution in [3.8, 4) is 0 Å². The number of thiol groups is 1. The van der Waals surface area contributed by atoms with Gasteiger partial charge in [-0.2, -0.15) is 12.6 Å². The summed E-state index contributed by atoms with van der Waals surface area (Å²) in [5.74, 6) is 1.58. The molecule has 3 nitrogen and oxygen atoms in total. The van der Waals surface area contributed by atoms with Crippen LogP contribution in [0.3, 0.4) is 0 Å². The van der Waals surface area contributed by atoms with Crippen LogP contribution in [-0.2, 0) is 6.54 Å². The Morgan fingerprint density at radius 1 is 1.44 bits per heavy atom. The van der Waals surface area contributed by atoms with E-state index in [9.17, 15) is 4.79 Å². The summed E-state index contributed by atoms with van der Waals surface area (Å²) in [7, 11) is 0. The maximum absolute atomic E-state index is 11.9. The van der Waals surface area contributed by atoms with Crippen molar-refractivity contribution in [1.82, 2.24) is 9.13 Å². The van der Waals surface area contributed by atoms with Gasteiger partial charge < -0.3 is 0 Å². The molecule has 1 unspecified atom stereocenters. The Morgan fingerprint density at radius 2 is 2.19 bits per heavy atom. The minimum atomic E-state index is 0.167. The zero-order chi connectivity index (χ0) is 11.5. The van der Waals surface area contributed by atoms with E-state index < -0.39 is 0 Å². The molecule has 1 aromatic heterocycles. The van der Waals surface area contributed by atoms with Crippen molar-refractivity contribution in [2.45, 2.75) is 45.2 Å². The largest absolute Gasteiger partial charge is 0.328 e. The highest BCUT2D eigenvalue weighted by Crippen LogP contribution is 2.33. The van der Waals surface area contributed by atoms with E-state index in [2.05, 4.69) is 19.6 Å². The molecule has 1 atom stereocenters. The molecule has 1 heterocycles. The zero-order valence-corrected chi connectivity index (χ0v) is 10.7. The molecule has 16 heavy (non-hydrogen) atoms. The second kappa shape index (κ2) is 5.13. The smallest absolute Gasteiger partial charge is 0.299 e. The van der Waals surface area contributed by atoms with Crippen molar-refractivity contribution >= 4 is 12.6 Å². The number of rotatable bonds is 6. The van der Waals surface area contributed by atoms with Crippen molar-refractivity contribution in [3.05, 3.63) is 22.9 Å². The quantitative estimate of drug-likeness (QED) is 0.759. The molecule has 4 heteroatoms. The highest BCUT2D eigenvalue weighted by atomic mass is 32.1. The lowest BCUT2D eigenvalue weighted by molar-refractivity contribution is 0.462. The highest BCUT2D eigenvalue weighted by molar-refractivity contribution is 7.80. The molecule has 0 aromatic carbocycles. The summed E-state index contributed by atoms with van der Waals surface area (Å²) >= 11 is 4.23. The predicted molar refractivity (Wildman–Crippen MR) is 69.2 cm³/mol. The van der Waals surface area contributed by atoms with Gasteiger partial charge in [0.1, 0.15) is 0 Å². The Balaban J connectivity index is 1.92. The average Bonchev–Trinajstić information content (AvgIpc) is 3.02. The molecule has 1 fully saturated rings. The first kappa shape index (κ1) is 11.8. The molecular formula is C12H20N2OS. The zero-order valence-electron chi connectivity index (χ0n) is 9.80. The van der Waals surface area contributed by atoms with Crippen LogP contribution in [-0.4, -0.2) is 14.9 Å². The van der Waals surface area contributed by atoms with Gasteiger partial charge in [-0.15, -0.1) is 0 Å². The van der Waals surface area contributed by atoms with Gasteiger partial charge >= 0.3 is 5.69 Å². The summed E-state index contributed by atoms with van der Waals surface area (Å²) in [6, 6.07) is 0.489.